The van der Waals surface area contributed by atoms with Crippen molar-refractivity contribution < 1.29 is 19.5 Å². The van der Waals surface area contributed by atoms with Gasteiger partial charge in [-0.25, -0.2) is 0 Å². The predicted octanol–water partition coefficient (Wildman–Crippen LogP) is 2.90. The predicted molar refractivity (Wildman–Crippen MR) is 144 cm³/mol. The second-order valence-corrected chi connectivity index (χ2v) is 11.7. The molecule has 2 aliphatic heterocycles. The van der Waals surface area contributed by atoms with E-state index in [1.807, 2.05) is 32.0 Å². The summed E-state index contributed by atoms with van der Waals surface area (Å²) >= 11 is 0. The molecule has 1 unspecified atom stereocenters. The molecule has 4 N–H and O–H groups in total. The Morgan fingerprint density at radius 2 is 1.82 bits per heavy atom. The molecule has 3 aliphatic rings. The Hall–Kier alpha value is -3.39. The minimum absolute atomic E-state index is 0.0967. The van der Waals surface area contributed by atoms with Crippen molar-refractivity contribution in [3.05, 3.63) is 64.7 Å². The van der Waals surface area contributed by atoms with Gasteiger partial charge in [0.2, 0.25) is 17.7 Å². The number of rotatable bonds is 5. The lowest BCUT2D eigenvalue weighted by Gasteiger charge is -2.36. The Morgan fingerprint density at radius 1 is 1.05 bits per heavy atom. The van der Waals surface area contributed by atoms with Gasteiger partial charge in [0.15, 0.2) is 0 Å². The topological polar surface area (TPSA) is 111 Å². The van der Waals surface area contributed by atoms with Gasteiger partial charge in [0.1, 0.15) is 17.8 Å². The first-order valence-electron chi connectivity index (χ1n) is 13.6. The number of aromatic hydroxyl groups is 1. The molecule has 0 bridgehead atoms. The van der Waals surface area contributed by atoms with Crippen molar-refractivity contribution in [2.75, 3.05) is 7.05 Å². The van der Waals surface area contributed by atoms with Gasteiger partial charge in [-0.3, -0.25) is 14.4 Å². The van der Waals surface area contributed by atoms with Gasteiger partial charge in [-0.1, -0.05) is 44.2 Å². The highest BCUT2D eigenvalue weighted by molar-refractivity contribution is 5.95. The van der Waals surface area contributed by atoms with Crippen LogP contribution in [0.15, 0.2) is 42.5 Å². The average Bonchev–Trinajstić information content (AvgIpc) is 3.13. The Balaban J connectivity index is 1.51. The van der Waals surface area contributed by atoms with Crippen LogP contribution in [0.2, 0.25) is 0 Å². The molecule has 1 fully saturated rings. The number of hydrogen-bond acceptors (Lipinski definition) is 5. The van der Waals surface area contributed by atoms with E-state index >= 15 is 0 Å². The van der Waals surface area contributed by atoms with Crippen molar-refractivity contribution in [2.24, 2.45) is 5.41 Å². The molecule has 0 radical (unpaired) electrons. The number of nitrogens with one attached hydrogen (secondary N) is 3. The fourth-order valence-corrected chi connectivity index (χ4v) is 6.56. The summed E-state index contributed by atoms with van der Waals surface area (Å²) in [5, 5.41) is 19.3. The van der Waals surface area contributed by atoms with Gasteiger partial charge >= 0.3 is 0 Å². The maximum absolute atomic E-state index is 14.2. The maximum Gasteiger partial charge on any atom is 0.246 e. The Labute approximate surface area is 224 Å². The monoisotopic (exact) mass is 518 g/mol. The molecule has 1 saturated heterocycles. The lowest BCUT2D eigenvalue weighted by molar-refractivity contribution is -0.145. The number of amides is 3. The molecule has 0 saturated carbocycles. The number of carbonyl (C=O) groups excluding carboxylic acids is 3. The summed E-state index contributed by atoms with van der Waals surface area (Å²) < 4.78 is 0. The Kier molecular flexibility index (Phi) is 6.94. The molecule has 202 valence electrons. The third kappa shape index (κ3) is 4.66. The molecular formula is C30H38N4O4. The van der Waals surface area contributed by atoms with E-state index in [2.05, 4.69) is 28.1 Å². The molecule has 5 rings (SSSR count). The van der Waals surface area contributed by atoms with Gasteiger partial charge in [-0.15, -0.1) is 0 Å². The van der Waals surface area contributed by atoms with Crippen molar-refractivity contribution in [1.29, 1.82) is 0 Å². The highest BCUT2D eigenvalue weighted by Crippen LogP contribution is 2.50. The second kappa shape index (κ2) is 10.1. The first-order valence-corrected chi connectivity index (χ1v) is 13.6. The minimum atomic E-state index is -0.844. The summed E-state index contributed by atoms with van der Waals surface area (Å²) in [5.41, 5.74) is 3.63. The molecule has 2 heterocycles. The van der Waals surface area contributed by atoms with Gasteiger partial charge in [0.05, 0.1) is 18.1 Å². The van der Waals surface area contributed by atoms with Crippen LogP contribution in [0.1, 0.15) is 74.4 Å². The maximum atomic E-state index is 14.2. The van der Waals surface area contributed by atoms with Crippen LogP contribution < -0.4 is 16.0 Å². The number of aryl methyl sites for hydroxylation is 1. The number of phenolic OH excluding ortho intramolecular Hbond substituents is 1. The third-order valence-electron chi connectivity index (χ3n) is 8.61. The summed E-state index contributed by atoms with van der Waals surface area (Å²) in [6.45, 7) is 5.80. The van der Waals surface area contributed by atoms with Crippen molar-refractivity contribution in [2.45, 2.75) is 83.1 Å². The van der Waals surface area contributed by atoms with Gasteiger partial charge in [-0.05, 0) is 79.5 Å². The molecule has 8 heteroatoms. The van der Waals surface area contributed by atoms with Crippen molar-refractivity contribution >= 4 is 17.7 Å². The Bertz CT molecular complexity index is 1260. The van der Waals surface area contributed by atoms with Crippen LogP contribution in [0.4, 0.5) is 0 Å². The molecule has 0 aromatic heterocycles. The first kappa shape index (κ1) is 26.2. The van der Waals surface area contributed by atoms with Gasteiger partial charge in [-0.2, -0.15) is 0 Å². The van der Waals surface area contributed by atoms with Crippen molar-refractivity contribution in [3.63, 3.8) is 0 Å². The fourth-order valence-electron chi connectivity index (χ4n) is 6.56. The van der Waals surface area contributed by atoms with Crippen molar-refractivity contribution in [1.82, 2.24) is 20.9 Å². The molecular weight excluding hydrogens is 480 g/mol. The number of nitrogens with zero attached hydrogens (tertiary/aromatic N) is 1. The lowest BCUT2D eigenvalue weighted by atomic mass is 9.81. The van der Waals surface area contributed by atoms with Crippen molar-refractivity contribution in [3.8, 4) is 5.75 Å². The zero-order valence-electron chi connectivity index (χ0n) is 22.6. The molecule has 1 aliphatic carbocycles. The highest BCUT2D eigenvalue weighted by Gasteiger charge is 2.55. The molecule has 3 amide bonds. The van der Waals surface area contributed by atoms with Crippen LogP contribution >= 0.6 is 0 Å². The Morgan fingerprint density at radius 3 is 2.58 bits per heavy atom. The van der Waals surface area contributed by atoms with Crippen LogP contribution in [-0.2, 0) is 27.2 Å². The number of benzene rings is 2. The van der Waals surface area contributed by atoms with Crippen LogP contribution in [0.25, 0.3) is 0 Å². The highest BCUT2D eigenvalue weighted by atomic mass is 16.3. The van der Waals surface area contributed by atoms with E-state index in [1.165, 1.54) is 5.56 Å². The third-order valence-corrected chi connectivity index (χ3v) is 8.61. The molecule has 38 heavy (non-hydrogen) atoms. The van der Waals surface area contributed by atoms with Crippen LogP contribution in [0.5, 0.6) is 5.75 Å². The number of fused-ring (bicyclic) bond motifs is 4. The number of carbonyl (C=O) groups is 3. The largest absolute Gasteiger partial charge is 0.508 e. The zero-order chi connectivity index (χ0) is 27.2. The van der Waals surface area contributed by atoms with Crippen LogP contribution in [0, 0.1) is 5.41 Å². The molecule has 2 aromatic rings. The lowest BCUT2D eigenvalue weighted by Crippen LogP contribution is -2.57. The smallest absolute Gasteiger partial charge is 0.246 e. The van der Waals surface area contributed by atoms with E-state index in [0.717, 1.165) is 36.0 Å². The molecule has 5 atom stereocenters. The average molecular weight is 519 g/mol. The zero-order valence-corrected chi connectivity index (χ0v) is 22.6. The summed E-state index contributed by atoms with van der Waals surface area (Å²) in [6, 6.07) is 10.9. The van der Waals surface area contributed by atoms with Crippen LogP contribution in [-0.4, -0.2) is 52.9 Å². The van der Waals surface area contributed by atoms with Gasteiger partial charge in [0, 0.05) is 6.42 Å². The minimum Gasteiger partial charge on any atom is -0.508 e. The van der Waals surface area contributed by atoms with Crippen LogP contribution in [0.3, 0.4) is 0 Å². The summed E-state index contributed by atoms with van der Waals surface area (Å²) in [7, 11) is 1.69. The number of hydrogen-bond donors (Lipinski definition) is 4. The van der Waals surface area contributed by atoms with E-state index in [9.17, 15) is 19.5 Å². The number of phenols is 1. The quantitative estimate of drug-likeness (QED) is 0.487. The summed E-state index contributed by atoms with van der Waals surface area (Å²) in [4.78, 5) is 42.8. The van der Waals surface area contributed by atoms with Gasteiger partial charge < -0.3 is 26.0 Å². The molecule has 2 aromatic carbocycles. The number of likely N-dealkylation sites (N-methyl/N-ethyl adjacent to an activating group) is 1. The first-order chi connectivity index (χ1) is 18.1. The molecule has 8 nitrogen and oxygen atoms in total. The normalized spacial score (nSPS) is 26.4. The van der Waals surface area contributed by atoms with E-state index < -0.39 is 23.5 Å². The van der Waals surface area contributed by atoms with E-state index in [1.54, 1.807) is 31.0 Å². The summed E-state index contributed by atoms with van der Waals surface area (Å²) in [6.07, 6.45) is 3.71. The SMILES string of the molecule is CN[C@@H](C)C(=O)N[C@H]1Cc2cc(O)ccc2[C@H]2CC(C)(C)C(C(=O)N[C@H]3CCCc4ccccc43)N2C1=O. The standard InChI is InChI=1S/C30H38N4O4/c1-17(31-4)27(36)33-24-15-19-14-20(35)12-13-22(19)25-16-30(2,3)26(34(25)29(24)38)28(37)32-23-11-7-9-18-8-5-6-10-21(18)23/h5-6,8,10,12-14,17,23-26,31,35H,7,9,11,15-16H2,1-4H3,(H,32,37)(H,33,36)/t17-,23-,24-,25+,26?/m0/s1. The molecule has 0 spiro atoms. The fraction of sp³-hybridized carbons (Fsp3) is 0.500. The summed E-state index contributed by atoms with van der Waals surface area (Å²) in [5.74, 6) is -0.606. The van der Waals surface area contributed by atoms with E-state index in [0.29, 0.717) is 6.42 Å². The second-order valence-electron chi connectivity index (χ2n) is 11.7. The van der Waals surface area contributed by atoms with E-state index in [4.69, 9.17) is 0 Å². The van der Waals surface area contributed by atoms with E-state index in [-0.39, 0.29) is 42.0 Å². The van der Waals surface area contributed by atoms with Gasteiger partial charge in [0.25, 0.3) is 0 Å².